The van der Waals surface area contributed by atoms with Gasteiger partial charge in [-0.2, -0.15) is 0 Å². The minimum absolute atomic E-state index is 0.0911. The van der Waals surface area contributed by atoms with Crippen LogP contribution in [0.5, 0.6) is 5.75 Å². The molecule has 1 unspecified atom stereocenters. The second kappa shape index (κ2) is 6.92. The van der Waals surface area contributed by atoms with E-state index in [1.54, 1.807) is 7.11 Å². The first-order chi connectivity index (χ1) is 8.93. The van der Waals surface area contributed by atoms with Crippen LogP contribution in [-0.4, -0.2) is 26.4 Å². The van der Waals surface area contributed by atoms with Gasteiger partial charge in [0.25, 0.3) is 0 Å². The van der Waals surface area contributed by atoms with Crippen LogP contribution in [0, 0.1) is 6.92 Å². The molecular weight excluding hydrogens is 238 g/mol. The van der Waals surface area contributed by atoms with E-state index in [0.717, 1.165) is 17.7 Å². The lowest BCUT2D eigenvalue weighted by molar-refractivity contribution is -0.0302. The van der Waals surface area contributed by atoms with E-state index in [-0.39, 0.29) is 11.6 Å². The number of nitrogens with one attached hydrogen (secondary N) is 1. The summed E-state index contributed by atoms with van der Waals surface area (Å²) in [5.74, 6) is 0.905. The van der Waals surface area contributed by atoms with E-state index in [1.807, 2.05) is 13.1 Å². The summed E-state index contributed by atoms with van der Waals surface area (Å²) >= 11 is 0. The average molecular weight is 265 g/mol. The molecular formula is C16H27NO2. The van der Waals surface area contributed by atoms with Crippen LogP contribution in [-0.2, 0) is 4.74 Å². The fourth-order valence-corrected chi connectivity index (χ4v) is 1.87. The van der Waals surface area contributed by atoms with Crippen LogP contribution in [0.25, 0.3) is 0 Å². The Kier molecular flexibility index (Phi) is 5.83. The molecule has 0 aliphatic carbocycles. The molecule has 3 heteroatoms. The van der Waals surface area contributed by atoms with Crippen molar-refractivity contribution in [1.82, 2.24) is 5.32 Å². The quantitative estimate of drug-likeness (QED) is 0.819. The van der Waals surface area contributed by atoms with Crippen LogP contribution >= 0.6 is 0 Å². The molecule has 1 aromatic rings. The van der Waals surface area contributed by atoms with Gasteiger partial charge in [0, 0.05) is 5.56 Å². The van der Waals surface area contributed by atoms with Crippen molar-refractivity contribution < 1.29 is 9.47 Å². The number of hydrogen-bond donors (Lipinski definition) is 1. The Morgan fingerprint density at radius 3 is 2.53 bits per heavy atom. The molecule has 0 fully saturated rings. The van der Waals surface area contributed by atoms with Gasteiger partial charge < -0.3 is 14.8 Å². The molecule has 0 aliphatic rings. The first-order valence-electron chi connectivity index (χ1n) is 6.89. The van der Waals surface area contributed by atoms with E-state index in [1.165, 1.54) is 5.56 Å². The molecule has 0 aliphatic heterocycles. The first-order valence-corrected chi connectivity index (χ1v) is 6.89. The molecule has 0 amide bonds. The Labute approximate surface area is 117 Å². The predicted molar refractivity (Wildman–Crippen MR) is 79.9 cm³/mol. The van der Waals surface area contributed by atoms with E-state index in [0.29, 0.717) is 6.61 Å². The first kappa shape index (κ1) is 16.0. The summed E-state index contributed by atoms with van der Waals surface area (Å²) in [6, 6.07) is 6.37. The van der Waals surface area contributed by atoms with Crippen molar-refractivity contribution in [3.63, 3.8) is 0 Å². The Morgan fingerprint density at radius 2 is 2.00 bits per heavy atom. The number of rotatable bonds is 7. The van der Waals surface area contributed by atoms with Crippen LogP contribution in [0.4, 0.5) is 0 Å². The van der Waals surface area contributed by atoms with Crippen molar-refractivity contribution in [2.45, 2.75) is 45.8 Å². The zero-order chi connectivity index (χ0) is 14.5. The highest BCUT2D eigenvalue weighted by Crippen LogP contribution is 2.27. The Balaban J connectivity index is 2.88. The monoisotopic (exact) mass is 265 g/mol. The topological polar surface area (TPSA) is 30.5 Å². The molecule has 1 rings (SSSR count). The second-order valence-electron chi connectivity index (χ2n) is 5.51. The van der Waals surface area contributed by atoms with Crippen LogP contribution < -0.4 is 10.1 Å². The second-order valence-corrected chi connectivity index (χ2v) is 5.51. The fourth-order valence-electron chi connectivity index (χ4n) is 1.87. The van der Waals surface area contributed by atoms with Crippen molar-refractivity contribution in [2.75, 3.05) is 20.8 Å². The standard InChI is InChI=1S/C16H27NO2/c1-7-16(3,4)19-11-14(17-5)13-10-12(2)8-9-15(13)18-6/h8-10,14,17H,7,11H2,1-6H3. The van der Waals surface area contributed by atoms with Gasteiger partial charge in [-0.05, 0) is 40.3 Å². The van der Waals surface area contributed by atoms with E-state index in [2.05, 4.69) is 45.1 Å². The fraction of sp³-hybridized carbons (Fsp3) is 0.625. The van der Waals surface area contributed by atoms with Gasteiger partial charge in [-0.3, -0.25) is 0 Å². The molecule has 0 saturated carbocycles. The lowest BCUT2D eigenvalue weighted by Crippen LogP contribution is -2.30. The van der Waals surface area contributed by atoms with Gasteiger partial charge in [-0.25, -0.2) is 0 Å². The zero-order valence-corrected chi connectivity index (χ0v) is 13.0. The smallest absolute Gasteiger partial charge is 0.123 e. The maximum absolute atomic E-state index is 6.01. The third-order valence-electron chi connectivity index (χ3n) is 3.60. The molecule has 1 atom stereocenters. The largest absolute Gasteiger partial charge is 0.496 e. The molecule has 1 aromatic carbocycles. The van der Waals surface area contributed by atoms with Crippen LogP contribution in [0.2, 0.25) is 0 Å². The van der Waals surface area contributed by atoms with E-state index in [9.17, 15) is 0 Å². The minimum atomic E-state index is -0.0911. The van der Waals surface area contributed by atoms with E-state index < -0.39 is 0 Å². The average Bonchev–Trinajstić information content (AvgIpc) is 2.39. The van der Waals surface area contributed by atoms with Crippen molar-refractivity contribution in [1.29, 1.82) is 0 Å². The number of ether oxygens (including phenoxy) is 2. The van der Waals surface area contributed by atoms with Crippen molar-refractivity contribution in [3.8, 4) is 5.75 Å². The van der Waals surface area contributed by atoms with Crippen LogP contribution in [0.15, 0.2) is 18.2 Å². The van der Waals surface area contributed by atoms with Gasteiger partial charge in [0.05, 0.1) is 25.4 Å². The number of aryl methyl sites for hydroxylation is 1. The number of methoxy groups -OCH3 is 1. The van der Waals surface area contributed by atoms with Gasteiger partial charge in [-0.1, -0.05) is 24.6 Å². The SMILES string of the molecule is CCC(C)(C)OCC(NC)c1cc(C)ccc1OC. The van der Waals surface area contributed by atoms with Crippen molar-refractivity contribution >= 4 is 0 Å². The molecule has 3 nitrogen and oxygen atoms in total. The van der Waals surface area contributed by atoms with Gasteiger partial charge in [0.2, 0.25) is 0 Å². The van der Waals surface area contributed by atoms with Gasteiger partial charge >= 0.3 is 0 Å². The van der Waals surface area contributed by atoms with Gasteiger partial charge in [0.15, 0.2) is 0 Å². The minimum Gasteiger partial charge on any atom is -0.496 e. The maximum atomic E-state index is 6.01. The summed E-state index contributed by atoms with van der Waals surface area (Å²) in [6.45, 7) is 9.10. The van der Waals surface area contributed by atoms with Gasteiger partial charge in [0.1, 0.15) is 5.75 Å². The number of likely N-dealkylation sites (N-methyl/N-ethyl adjacent to an activating group) is 1. The highest BCUT2D eigenvalue weighted by molar-refractivity contribution is 5.39. The normalized spacial score (nSPS) is 13.4. The highest BCUT2D eigenvalue weighted by Gasteiger charge is 2.20. The molecule has 0 radical (unpaired) electrons. The molecule has 0 aromatic heterocycles. The lowest BCUT2D eigenvalue weighted by atomic mass is 10.0. The summed E-state index contributed by atoms with van der Waals surface area (Å²) in [6.07, 6.45) is 0.994. The molecule has 19 heavy (non-hydrogen) atoms. The van der Waals surface area contributed by atoms with Crippen LogP contribution in [0.3, 0.4) is 0 Å². The third kappa shape index (κ3) is 4.51. The van der Waals surface area contributed by atoms with Gasteiger partial charge in [-0.15, -0.1) is 0 Å². The Morgan fingerprint density at radius 1 is 1.32 bits per heavy atom. The number of hydrogen-bond acceptors (Lipinski definition) is 3. The third-order valence-corrected chi connectivity index (χ3v) is 3.60. The van der Waals surface area contributed by atoms with E-state index in [4.69, 9.17) is 9.47 Å². The molecule has 1 N–H and O–H groups in total. The Hall–Kier alpha value is -1.06. The van der Waals surface area contributed by atoms with Crippen molar-refractivity contribution in [2.24, 2.45) is 0 Å². The summed E-state index contributed by atoms with van der Waals surface area (Å²) < 4.78 is 11.5. The molecule has 0 bridgehead atoms. The Bertz CT molecular complexity index is 402. The summed E-state index contributed by atoms with van der Waals surface area (Å²) in [7, 11) is 3.66. The van der Waals surface area contributed by atoms with Crippen molar-refractivity contribution in [3.05, 3.63) is 29.3 Å². The highest BCUT2D eigenvalue weighted by atomic mass is 16.5. The summed E-state index contributed by atoms with van der Waals surface area (Å²) in [5.41, 5.74) is 2.29. The molecule has 0 heterocycles. The maximum Gasteiger partial charge on any atom is 0.123 e. The summed E-state index contributed by atoms with van der Waals surface area (Å²) in [5, 5.41) is 3.31. The number of benzene rings is 1. The summed E-state index contributed by atoms with van der Waals surface area (Å²) in [4.78, 5) is 0. The molecule has 0 saturated heterocycles. The van der Waals surface area contributed by atoms with Crippen LogP contribution in [0.1, 0.15) is 44.4 Å². The molecule has 108 valence electrons. The zero-order valence-electron chi connectivity index (χ0n) is 13.0. The lowest BCUT2D eigenvalue weighted by Gasteiger charge is -2.28. The van der Waals surface area contributed by atoms with E-state index >= 15 is 0 Å². The molecule has 0 spiro atoms. The predicted octanol–water partition coefficient (Wildman–Crippen LogP) is 3.47.